The normalized spacial score (nSPS) is 12.3. The summed E-state index contributed by atoms with van der Waals surface area (Å²) in [6.45, 7) is 9.13. The minimum atomic E-state index is -4.08. The van der Waals surface area contributed by atoms with Gasteiger partial charge in [-0.15, -0.1) is 0 Å². The molecule has 0 saturated heterocycles. The Balaban J connectivity index is 2.03. The van der Waals surface area contributed by atoms with Crippen molar-refractivity contribution in [1.29, 1.82) is 0 Å². The SMILES string of the molecule is CC(C)NC(=O)[C@@H](C)N(Cc1cccc(Br)c1)C(=O)CN(c1ccc(C(C)C)cc1)S(=O)(=O)c1ccccc1. The Morgan fingerprint density at radius 3 is 2.08 bits per heavy atom. The lowest BCUT2D eigenvalue weighted by Gasteiger charge is -2.32. The molecule has 7 nitrogen and oxygen atoms in total. The number of hydrogen-bond donors (Lipinski definition) is 1. The third-order valence-corrected chi connectivity index (χ3v) is 8.58. The van der Waals surface area contributed by atoms with Crippen LogP contribution in [-0.2, 0) is 26.2 Å². The smallest absolute Gasteiger partial charge is 0.264 e. The molecule has 3 aromatic rings. The second-order valence-corrected chi connectivity index (χ2v) is 12.8. The molecule has 0 spiro atoms. The zero-order valence-electron chi connectivity index (χ0n) is 23.0. The highest BCUT2D eigenvalue weighted by molar-refractivity contribution is 9.10. The monoisotopic (exact) mass is 613 g/mol. The van der Waals surface area contributed by atoms with Crippen LogP contribution in [0.4, 0.5) is 5.69 Å². The molecule has 3 aromatic carbocycles. The standard InChI is InChI=1S/C30H36BrN3O4S/c1-21(2)25-14-16-27(17-15-25)34(39(37,38)28-12-7-6-8-13-28)20-29(35)33(23(5)30(36)32-22(3)4)19-24-10-9-11-26(31)18-24/h6-18,21-23H,19-20H2,1-5H3,(H,32,36)/t23-/m1/s1. The van der Waals surface area contributed by atoms with Crippen molar-refractivity contribution in [2.75, 3.05) is 10.8 Å². The largest absolute Gasteiger partial charge is 0.352 e. The van der Waals surface area contributed by atoms with E-state index in [-0.39, 0.29) is 29.3 Å². The first-order valence-electron chi connectivity index (χ1n) is 12.9. The summed E-state index contributed by atoms with van der Waals surface area (Å²) < 4.78 is 29.6. The van der Waals surface area contributed by atoms with Crippen molar-refractivity contribution >= 4 is 43.5 Å². The Morgan fingerprint density at radius 1 is 0.872 bits per heavy atom. The molecule has 0 bridgehead atoms. The third-order valence-electron chi connectivity index (χ3n) is 6.30. The zero-order valence-corrected chi connectivity index (χ0v) is 25.4. The molecule has 0 heterocycles. The van der Waals surface area contributed by atoms with Crippen LogP contribution in [0.1, 0.15) is 51.7 Å². The highest BCUT2D eigenvalue weighted by Gasteiger charge is 2.32. The molecular weight excluding hydrogens is 578 g/mol. The number of rotatable bonds is 11. The topological polar surface area (TPSA) is 86.8 Å². The lowest BCUT2D eigenvalue weighted by molar-refractivity contribution is -0.139. The van der Waals surface area contributed by atoms with Crippen LogP contribution in [-0.4, -0.2) is 43.8 Å². The van der Waals surface area contributed by atoms with Gasteiger partial charge in [-0.05, 0) is 74.2 Å². The van der Waals surface area contributed by atoms with Crippen molar-refractivity contribution in [2.45, 2.75) is 64.1 Å². The van der Waals surface area contributed by atoms with Crippen molar-refractivity contribution in [1.82, 2.24) is 10.2 Å². The molecule has 1 N–H and O–H groups in total. The van der Waals surface area contributed by atoms with Gasteiger partial charge in [0.25, 0.3) is 10.0 Å². The molecule has 0 radical (unpaired) electrons. The van der Waals surface area contributed by atoms with E-state index in [2.05, 4.69) is 35.1 Å². The maximum absolute atomic E-state index is 13.9. The molecule has 9 heteroatoms. The number of hydrogen-bond acceptors (Lipinski definition) is 4. The Hall–Kier alpha value is -3.17. The lowest BCUT2D eigenvalue weighted by atomic mass is 10.0. The van der Waals surface area contributed by atoms with Crippen LogP contribution in [0, 0.1) is 0 Å². The van der Waals surface area contributed by atoms with Crippen molar-refractivity contribution < 1.29 is 18.0 Å². The predicted molar refractivity (Wildman–Crippen MR) is 159 cm³/mol. The fourth-order valence-electron chi connectivity index (χ4n) is 4.09. The van der Waals surface area contributed by atoms with E-state index in [1.54, 1.807) is 37.3 Å². The molecule has 0 saturated carbocycles. The van der Waals surface area contributed by atoms with E-state index >= 15 is 0 Å². The summed E-state index contributed by atoms with van der Waals surface area (Å²) in [4.78, 5) is 28.4. The average Bonchev–Trinajstić information content (AvgIpc) is 2.90. The fourth-order valence-corrected chi connectivity index (χ4v) is 5.98. The summed E-state index contributed by atoms with van der Waals surface area (Å²) in [6.07, 6.45) is 0. The third kappa shape index (κ3) is 7.92. The second-order valence-electron chi connectivity index (χ2n) is 10.1. The number of sulfonamides is 1. The number of anilines is 1. The van der Waals surface area contributed by atoms with Gasteiger partial charge in [0.15, 0.2) is 0 Å². The number of nitrogens with zero attached hydrogens (tertiary/aromatic N) is 2. The summed E-state index contributed by atoms with van der Waals surface area (Å²) in [7, 11) is -4.08. The first kappa shape index (κ1) is 30.4. The van der Waals surface area contributed by atoms with Gasteiger partial charge in [-0.2, -0.15) is 0 Å². The number of halogens is 1. The van der Waals surface area contributed by atoms with Crippen LogP contribution >= 0.6 is 15.9 Å². The van der Waals surface area contributed by atoms with Crippen LogP contribution in [0.5, 0.6) is 0 Å². The highest BCUT2D eigenvalue weighted by Crippen LogP contribution is 2.26. The van der Waals surface area contributed by atoms with Crippen LogP contribution in [0.25, 0.3) is 0 Å². The summed E-state index contributed by atoms with van der Waals surface area (Å²) in [5.74, 6) is -0.540. The van der Waals surface area contributed by atoms with Crippen molar-refractivity contribution in [3.63, 3.8) is 0 Å². The molecule has 208 valence electrons. The maximum atomic E-state index is 13.9. The summed E-state index contributed by atoms with van der Waals surface area (Å²) in [6, 6.07) is 21.7. The van der Waals surface area contributed by atoms with Gasteiger partial charge in [-0.3, -0.25) is 13.9 Å². The number of nitrogens with one attached hydrogen (secondary N) is 1. The fraction of sp³-hybridized carbons (Fsp3) is 0.333. The van der Waals surface area contributed by atoms with E-state index in [0.717, 1.165) is 19.9 Å². The minimum Gasteiger partial charge on any atom is -0.352 e. The molecule has 1 atom stereocenters. The minimum absolute atomic E-state index is 0.0786. The second kappa shape index (κ2) is 13.3. The molecule has 0 unspecified atom stereocenters. The molecule has 2 amide bonds. The van der Waals surface area contributed by atoms with Crippen LogP contribution in [0.3, 0.4) is 0 Å². The first-order chi connectivity index (χ1) is 18.4. The Morgan fingerprint density at radius 2 is 1.51 bits per heavy atom. The molecule has 39 heavy (non-hydrogen) atoms. The van der Waals surface area contributed by atoms with Gasteiger partial charge < -0.3 is 10.2 Å². The van der Waals surface area contributed by atoms with Crippen molar-refractivity contribution in [2.24, 2.45) is 0 Å². The number of carbonyl (C=O) groups is 2. The molecular formula is C30H36BrN3O4S. The van der Waals surface area contributed by atoms with Gasteiger partial charge in [0.1, 0.15) is 12.6 Å². The van der Waals surface area contributed by atoms with E-state index < -0.39 is 28.5 Å². The van der Waals surface area contributed by atoms with E-state index in [1.807, 2.05) is 50.2 Å². The van der Waals surface area contributed by atoms with Crippen LogP contribution in [0.2, 0.25) is 0 Å². The predicted octanol–water partition coefficient (Wildman–Crippen LogP) is 5.71. The first-order valence-corrected chi connectivity index (χ1v) is 15.2. The van der Waals surface area contributed by atoms with E-state index in [1.165, 1.54) is 17.0 Å². The maximum Gasteiger partial charge on any atom is 0.264 e. The van der Waals surface area contributed by atoms with Crippen molar-refractivity contribution in [3.05, 3.63) is 94.5 Å². The Labute approximate surface area is 240 Å². The molecule has 0 aliphatic rings. The quantitative estimate of drug-likeness (QED) is 0.300. The summed E-state index contributed by atoms with van der Waals surface area (Å²) in [5.41, 5.74) is 2.23. The van der Waals surface area contributed by atoms with Gasteiger partial charge in [-0.1, -0.05) is 72.2 Å². The van der Waals surface area contributed by atoms with Gasteiger partial charge >= 0.3 is 0 Å². The van der Waals surface area contributed by atoms with E-state index in [4.69, 9.17) is 0 Å². The van der Waals surface area contributed by atoms with Gasteiger partial charge in [-0.25, -0.2) is 8.42 Å². The van der Waals surface area contributed by atoms with Crippen LogP contribution in [0.15, 0.2) is 88.2 Å². The molecule has 3 rings (SSSR count). The lowest BCUT2D eigenvalue weighted by Crippen LogP contribution is -2.52. The molecule has 0 aromatic heterocycles. The van der Waals surface area contributed by atoms with Gasteiger partial charge in [0.2, 0.25) is 11.8 Å². The Bertz CT molecular complexity index is 1380. The highest BCUT2D eigenvalue weighted by atomic mass is 79.9. The number of amides is 2. The molecule has 0 aliphatic heterocycles. The van der Waals surface area contributed by atoms with Gasteiger partial charge in [0, 0.05) is 17.1 Å². The van der Waals surface area contributed by atoms with Crippen LogP contribution < -0.4 is 9.62 Å². The van der Waals surface area contributed by atoms with E-state index in [9.17, 15) is 18.0 Å². The zero-order chi connectivity index (χ0) is 28.7. The molecule has 0 fully saturated rings. The summed E-state index contributed by atoms with van der Waals surface area (Å²) in [5, 5.41) is 2.86. The van der Waals surface area contributed by atoms with Crippen molar-refractivity contribution in [3.8, 4) is 0 Å². The Kier molecular flexibility index (Phi) is 10.3. The number of carbonyl (C=O) groups excluding carboxylic acids is 2. The molecule has 0 aliphatic carbocycles. The van der Waals surface area contributed by atoms with E-state index in [0.29, 0.717) is 5.69 Å². The average molecular weight is 615 g/mol. The van der Waals surface area contributed by atoms with Gasteiger partial charge in [0.05, 0.1) is 10.6 Å². The summed E-state index contributed by atoms with van der Waals surface area (Å²) >= 11 is 3.46. The number of benzene rings is 3.